The smallest absolute Gasteiger partial charge is 0.324 e. The number of benzene rings is 3. The van der Waals surface area contributed by atoms with Crippen molar-refractivity contribution in [3.8, 4) is 0 Å². The first kappa shape index (κ1) is 30.7. The number of hydrogen-bond donors (Lipinski definition) is 3. The van der Waals surface area contributed by atoms with Crippen LogP contribution in [0, 0.1) is 11.7 Å². The SMILES string of the molecule is CCN(CCO)C(=O)N(Cc1ccc(C2CCCCC2C(=O)NC(C(N)=O)c2ccc(F)cc2)cc1)c1ccccc1. The molecule has 4 N–H and O–H groups in total. The Morgan fingerprint density at radius 3 is 2.26 bits per heavy atom. The molecule has 4 amide bonds. The van der Waals surface area contributed by atoms with Gasteiger partial charge in [0.05, 0.1) is 13.2 Å². The number of anilines is 1. The molecule has 222 valence electrons. The minimum Gasteiger partial charge on any atom is -0.395 e. The number of nitrogens with two attached hydrogens (primary N) is 1. The fraction of sp³-hybridized carbons (Fsp3) is 0.364. The average molecular weight is 575 g/mol. The maximum atomic E-state index is 13.5. The minimum absolute atomic E-state index is 0.0402. The molecule has 1 aliphatic rings. The highest BCUT2D eigenvalue weighted by atomic mass is 19.1. The first-order valence-electron chi connectivity index (χ1n) is 14.5. The van der Waals surface area contributed by atoms with Gasteiger partial charge in [-0.1, -0.05) is 67.4 Å². The summed E-state index contributed by atoms with van der Waals surface area (Å²) in [4.78, 5) is 42.4. The van der Waals surface area contributed by atoms with Crippen LogP contribution in [0.25, 0.3) is 0 Å². The summed E-state index contributed by atoms with van der Waals surface area (Å²) in [6.45, 7) is 2.84. The van der Waals surface area contributed by atoms with Crippen molar-refractivity contribution in [2.24, 2.45) is 11.7 Å². The molecule has 3 unspecified atom stereocenters. The second-order valence-corrected chi connectivity index (χ2v) is 10.6. The molecule has 1 fully saturated rings. The molecule has 1 saturated carbocycles. The van der Waals surface area contributed by atoms with Crippen LogP contribution in [-0.4, -0.2) is 47.5 Å². The highest BCUT2D eigenvalue weighted by Gasteiger charge is 2.34. The van der Waals surface area contributed by atoms with Gasteiger partial charge in [0.25, 0.3) is 0 Å². The molecule has 0 radical (unpaired) electrons. The van der Waals surface area contributed by atoms with Crippen LogP contribution < -0.4 is 16.0 Å². The van der Waals surface area contributed by atoms with E-state index in [1.54, 1.807) is 9.80 Å². The van der Waals surface area contributed by atoms with Gasteiger partial charge in [-0.3, -0.25) is 14.5 Å². The number of aliphatic hydroxyl groups excluding tert-OH is 1. The molecule has 42 heavy (non-hydrogen) atoms. The lowest BCUT2D eigenvalue weighted by molar-refractivity contribution is -0.131. The molecule has 3 aromatic carbocycles. The van der Waals surface area contributed by atoms with Crippen LogP contribution in [0.2, 0.25) is 0 Å². The van der Waals surface area contributed by atoms with E-state index in [-0.39, 0.29) is 36.9 Å². The standard InChI is InChI=1S/C33H39FN4O4/c1-2-37(20-21-39)33(42)38(27-8-4-3-5-9-27)22-23-12-14-24(15-13-23)28-10-6-7-11-29(28)32(41)36-30(31(35)40)25-16-18-26(34)19-17-25/h3-5,8-9,12-19,28-30,39H,2,6-7,10-11,20-22H2,1H3,(H2,35,40)(H,36,41). The molecule has 4 rings (SSSR count). The molecular weight excluding hydrogens is 535 g/mol. The lowest BCUT2D eigenvalue weighted by Crippen LogP contribution is -2.44. The highest BCUT2D eigenvalue weighted by Crippen LogP contribution is 2.38. The number of para-hydroxylation sites is 1. The summed E-state index contributed by atoms with van der Waals surface area (Å²) in [6.07, 6.45) is 3.40. The van der Waals surface area contributed by atoms with Crippen molar-refractivity contribution in [2.75, 3.05) is 24.6 Å². The molecule has 3 aromatic rings. The summed E-state index contributed by atoms with van der Waals surface area (Å²) in [6, 6.07) is 21.6. The second-order valence-electron chi connectivity index (χ2n) is 10.6. The Kier molecular flexibility index (Phi) is 10.7. The Hall–Kier alpha value is -4.24. The summed E-state index contributed by atoms with van der Waals surface area (Å²) in [5, 5.41) is 12.3. The third-order valence-electron chi connectivity index (χ3n) is 7.95. The first-order chi connectivity index (χ1) is 20.3. The van der Waals surface area contributed by atoms with E-state index in [2.05, 4.69) is 5.32 Å². The normalized spacial score (nSPS) is 17.2. The molecule has 0 aromatic heterocycles. The van der Waals surface area contributed by atoms with E-state index in [1.807, 2.05) is 61.5 Å². The number of primary amides is 1. The van der Waals surface area contributed by atoms with E-state index >= 15 is 0 Å². The third kappa shape index (κ3) is 7.53. The van der Waals surface area contributed by atoms with Crippen molar-refractivity contribution in [3.05, 3.63) is 101 Å². The van der Waals surface area contributed by atoms with Crippen LogP contribution in [-0.2, 0) is 16.1 Å². The molecule has 0 spiro atoms. The first-order valence-corrected chi connectivity index (χ1v) is 14.5. The summed E-state index contributed by atoms with van der Waals surface area (Å²) in [5.74, 6) is -1.77. The predicted molar refractivity (Wildman–Crippen MR) is 160 cm³/mol. The number of halogens is 1. The van der Waals surface area contributed by atoms with Gasteiger partial charge >= 0.3 is 6.03 Å². The van der Waals surface area contributed by atoms with Gasteiger partial charge in [-0.2, -0.15) is 0 Å². The molecule has 3 atom stereocenters. The Morgan fingerprint density at radius 2 is 1.64 bits per heavy atom. The van der Waals surface area contributed by atoms with Gasteiger partial charge in [0.1, 0.15) is 11.9 Å². The van der Waals surface area contributed by atoms with Crippen LogP contribution >= 0.6 is 0 Å². The molecule has 0 aliphatic heterocycles. The molecule has 8 nitrogen and oxygen atoms in total. The number of urea groups is 1. The number of carbonyl (C=O) groups is 3. The molecular formula is C33H39FN4O4. The Bertz CT molecular complexity index is 1330. The predicted octanol–water partition coefficient (Wildman–Crippen LogP) is 4.88. The van der Waals surface area contributed by atoms with Gasteiger partial charge in [0, 0.05) is 24.7 Å². The van der Waals surface area contributed by atoms with Crippen molar-refractivity contribution in [1.29, 1.82) is 0 Å². The summed E-state index contributed by atoms with van der Waals surface area (Å²) in [7, 11) is 0. The number of aliphatic hydroxyl groups is 1. The lowest BCUT2D eigenvalue weighted by Gasteiger charge is -2.32. The number of nitrogens with zero attached hydrogens (tertiary/aromatic N) is 2. The van der Waals surface area contributed by atoms with Gasteiger partial charge in [-0.25, -0.2) is 9.18 Å². The van der Waals surface area contributed by atoms with E-state index in [9.17, 15) is 23.9 Å². The second kappa shape index (κ2) is 14.6. The maximum absolute atomic E-state index is 13.5. The average Bonchev–Trinajstić information content (AvgIpc) is 3.02. The number of amides is 4. The fourth-order valence-electron chi connectivity index (χ4n) is 5.68. The summed E-state index contributed by atoms with van der Waals surface area (Å²) in [5.41, 5.74) is 8.75. The molecule has 0 bridgehead atoms. The molecule has 9 heteroatoms. The van der Waals surface area contributed by atoms with Gasteiger partial charge in [0.2, 0.25) is 11.8 Å². The highest BCUT2D eigenvalue weighted by molar-refractivity contribution is 5.92. The largest absolute Gasteiger partial charge is 0.395 e. The fourth-order valence-corrected chi connectivity index (χ4v) is 5.68. The van der Waals surface area contributed by atoms with Crippen molar-refractivity contribution in [2.45, 2.75) is 51.1 Å². The lowest BCUT2D eigenvalue weighted by atomic mass is 9.74. The zero-order valence-corrected chi connectivity index (χ0v) is 23.9. The van der Waals surface area contributed by atoms with Crippen molar-refractivity contribution < 1.29 is 23.9 Å². The van der Waals surface area contributed by atoms with Crippen LogP contribution in [0.5, 0.6) is 0 Å². The monoisotopic (exact) mass is 574 g/mol. The topological polar surface area (TPSA) is 116 Å². The number of nitrogens with one attached hydrogen (secondary N) is 1. The van der Waals surface area contributed by atoms with Crippen LogP contribution in [0.1, 0.15) is 61.3 Å². The summed E-state index contributed by atoms with van der Waals surface area (Å²) < 4.78 is 13.4. The van der Waals surface area contributed by atoms with Gasteiger partial charge in [-0.15, -0.1) is 0 Å². The van der Waals surface area contributed by atoms with Crippen LogP contribution in [0.3, 0.4) is 0 Å². The van der Waals surface area contributed by atoms with Gasteiger partial charge in [0.15, 0.2) is 0 Å². The zero-order chi connectivity index (χ0) is 30.1. The maximum Gasteiger partial charge on any atom is 0.324 e. The third-order valence-corrected chi connectivity index (χ3v) is 7.95. The van der Waals surface area contributed by atoms with Crippen molar-refractivity contribution in [3.63, 3.8) is 0 Å². The van der Waals surface area contributed by atoms with Crippen LogP contribution in [0.4, 0.5) is 14.9 Å². The van der Waals surface area contributed by atoms with Gasteiger partial charge in [-0.05, 0) is 66.6 Å². The van der Waals surface area contributed by atoms with Crippen molar-refractivity contribution >= 4 is 23.5 Å². The van der Waals surface area contributed by atoms with E-state index in [1.165, 1.54) is 24.3 Å². The number of hydrogen-bond acceptors (Lipinski definition) is 4. The van der Waals surface area contributed by atoms with E-state index in [0.29, 0.717) is 25.1 Å². The van der Waals surface area contributed by atoms with E-state index in [4.69, 9.17) is 5.73 Å². The Morgan fingerprint density at radius 1 is 0.976 bits per heavy atom. The Balaban J connectivity index is 1.51. The number of carbonyl (C=O) groups excluding carboxylic acids is 3. The van der Waals surface area contributed by atoms with Gasteiger partial charge < -0.3 is 21.1 Å². The van der Waals surface area contributed by atoms with Crippen LogP contribution in [0.15, 0.2) is 78.9 Å². The molecule has 1 aliphatic carbocycles. The molecule has 0 saturated heterocycles. The number of likely N-dealkylation sites (N-methyl/N-ethyl adjacent to an activating group) is 1. The summed E-state index contributed by atoms with van der Waals surface area (Å²) >= 11 is 0. The van der Waals surface area contributed by atoms with E-state index in [0.717, 1.165) is 36.1 Å². The van der Waals surface area contributed by atoms with Crippen molar-refractivity contribution in [1.82, 2.24) is 10.2 Å². The quantitative estimate of drug-likeness (QED) is 0.303. The van der Waals surface area contributed by atoms with E-state index < -0.39 is 17.8 Å². The Labute approximate surface area is 246 Å². The zero-order valence-electron chi connectivity index (χ0n) is 23.9. The molecule has 0 heterocycles. The number of rotatable bonds is 11. The minimum atomic E-state index is -1.04.